The largest absolute Gasteiger partial charge is 0.416 e. The fraction of sp³-hybridized carbons (Fsp3) is 0.375. The monoisotopic (exact) mass is 305 g/mol. The van der Waals surface area contributed by atoms with Crippen LogP contribution in [0.15, 0.2) is 23.4 Å². The lowest BCUT2D eigenvalue weighted by atomic mass is 10.3. The van der Waals surface area contributed by atoms with Crippen molar-refractivity contribution in [2.75, 3.05) is 11.5 Å². The van der Waals surface area contributed by atoms with E-state index in [0.29, 0.717) is 0 Å². The molecule has 0 aromatic carbocycles. The topological polar surface area (TPSA) is 47.0 Å². The number of halogens is 4. The number of hydrogen-bond donors (Lipinski definition) is 0. The molecule has 0 atom stereocenters. The van der Waals surface area contributed by atoms with E-state index in [2.05, 4.69) is 4.98 Å². The fourth-order valence-electron chi connectivity index (χ4n) is 0.910. The molecule has 1 heterocycles. The number of thioether (sulfide) groups is 1. The summed E-state index contributed by atoms with van der Waals surface area (Å²) in [5, 5.41) is 0.111. The lowest BCUT2D eigenvalue weighted by Crippen LogP contribution is -2.05. The summed E-state index contributed by atoms with van der Waals surface area (Å²) < 4.78 is 58.2. The van der Waals surface area contributed by atoms with E-state index < -0.39 is 20.8 Å². The van der Waals surface area contributed by atoms with Crippen LogP contribution in [0.2, 0.25) is 0 Å². The van der Waals surface area contributed by atoms with E-state index in [-0.39, 0.29) is 16.5 Å². The summed E-state index contributed by atoms with van der Waals surface area (Å²) >= 11 is 0.903. The molecule has 9 heteroatoms. The van der Waals surface area contributed by atoms with Crippen LogP contribution in [-0.2, 0) is 15.2 Å². The van der Waals surface area contributed by atoms with Gasteiger partial charge in [-0.25, -0.2) is 13.4 Å². The molecule has 0 aliphatic rings. The van der Waals surface area contributed by atoms with E-state index in [1.807, 2.05) is 0 Å². The molecule has 0 spiro atoms. The summed E-state index contributed by atoms with van der Waals surface area (Å²) in [7, 11) is 1.33. The summed E-state index contributed by atoms with van der Waals surface area (Å²) in [5.74, 6) is -0.267. The van der Waals surface area contributed by atoms with Crippen molar-refractivity contribution < 1.29 is 21.6 Å². The van der Waals surface area contributed by atoms with Crippen LogP contribution in [-0.4, -0.2) is 24.9 Å². The van der Waals surface area contributed by atoms with Crippen molar-refractivity contribution in [3.63, 3.8) is 0 Å². The van der Waals surface area contributed by atoms with Crippen LogP contribution in [0.3, 0.4) is 0 Å². The third-order valence-corrected chi connectivity index (χ3v) is 3.98. The SMILES string of the molecule is O=S(=O)(Cl)CCSc1cc(C(F)(F)F)ccn1. The van der Waals surface area contributed by atoms with Gasteiger partial charge in [-0.05, 0) is 12.1 Å². The van der Waals surface area contributed by atoms with Crippen molar-refractivity contribution in [1.29, 1.82) is 0 Å². The quantitative estimate of drug-likeness (QED) is 0.634. The highest BCUT2D eigenvalue weighted by Gasteiger charge is 2.30. The normalized spacial score (nSPS) is 12.7. The summed E-state index contributed by atoms with van der Waals surface area (Å²) in [5.41, 5.74) is -0.816. The molecule has 0 N–H and O–H groups in total. The fourth-order valence-corrected chi connectivity index (χ4v) is 3.16. The molecular formula is C8H7ClF3NO2S2. The van der Waals surface area contributed by atoms with Crippen molar-refractivity contribution >= 4 is 31.5 Å². The number of nitrogens with zero attached hydrogens (tertiary/aromatic N) is 1. The van der Waals surface area contributed by atoms with Gasteiger partial charge >= 0.3 is 6.18 Å². The van der Waals surface area contributed by atoms with Crippen molar-refractivity contribution in [3.05, 3.63) is 23.9 Å². The van der Waals surface area contributed by atoms with Crippen LogP contribution in [0.1, 0.15) is 5.56 Å². The third-order valence-electron chi connectivity index (χ3n) is 1.64. The first-order valence-electron chi connectivity index (χ1n) is 4.27. The minimum Gasteiger partial charge on any atom is -0.250 e. The van der Waals surface area contributed by atoms with Crippen LogP contribution < -0.4 is 0 Å². The summed E-state index contributed by atoms with van der Waals surface area (Å²) in [6, 6.07) is 1.72. The molecule has 1 aromatic heterocycles. The highest BCUT2D eigenvalue weighted by Crippen LogP contribution is 2.30. The van der Waals surface area contributed by atoms with Crippen LogP contribution in [0.5, 0.6) is 0 Å². The van der Waals surface area contributed by atoms with E-state index >= 15 is 0 Å². The number of alkyl halides is 3. The zero-order valence-corrected chi connectivity index (χ0v) is 10.6. The van der Waals surface area contributed by atoms with Gasteiger partial charge in [0.25, 0.3) is 0 Å². The molecule has 0 unspecified atom stereocenters. The predicted octanol–water partition coefficient (Wildman–Crippen LogP) is 2.76. The Morgan fingerprint density at radius 1 is 1.41 bits per heavy atom. The van der Waals surface area contributed by atoms with Gasteiger partial charge in [0.1, 0.15) is 0 Å². The number of hydrogen-bond acceptors (Lipinski definition) is 4. The molecule has 0 saturated carbocycles. The maximum Gasteiger partial charge on any atom is 0.416 e. The van der Waals surface area contributed by atoms with Gasteiger partial charge in [0.05, 0.1) is 16.3 Å². The smallest absolute Gasteiger partial charge is 0.250 e. The Bertz CT molecular complexity index is 490. The maximum atomic E-state index is 12.3. The van der Waals surface area contributed by atoms with Gasteiger partial charge in [0.2, 0.25) is 9.05 Å². The molecule has 17 heavy (non-hydrogen) atoms. The maximum absolute atomic E-state index is 12.3. The summed E-state index contributed by atoms with van der Waals surface area (Å²) in [4.78, 5) is 3.70. The van der Waals surface area contributed by atoms with Crippen molar-refractivity contribution in [2.24, 2.45) is 0 Å². The molecule has 0 fully saturated rings. The van der Waals surface area contributed by atoms with E-state index in [1.165, 1.54) is 0 Å². The second kappa shape index (κ2) is 5.45. The Morgan fingerprint density at radius 2 is 2.06 bits per heavy atom. The Balaban J connectivity index is 2.67. The van der Waals surface area contributed by atoms with Crippen molar-refractivity contribution in [1.82, 2.24) is 4.98 Å². The number of aromatic nitrogens is 1. The molecule has 0 amide bonds. The molecule has 0 aliphatic heterocycles. The highest BCUT2D eigenvalue weighted by atomic mass is 35.7. The Hall–Kier alpha value is -0.470. The van der Waals surface area contributed by atoms with Crippen molar-refractivity contribution in [3.8, 4) is 0 Å². The van der Waals surface area contributed by atoms with E-state index in [9.17, 15) is 21.6 Å². The van der Waals surface area contributed by atoms with Gasteiger partial charge in [-0.3, -0.25) is 0 Å². The Labute approximate surface area is 105 Å². The predicted molar refractivity (Wildman–Crippen MR) is 59.6 cm³/mol. The van der Waals surface area contributed by atoms with Crippen LogP contribution in [0.25, 0.3) is 0 Å². The van der Waals surface area contributed by atoms with Gasteiger partial charge in [-0.1, -0.05) is 0 Å². The molecule has 0 aliphatic carbocycles. The molecule has 0 saturated heterocycles. The second-order valence-corrected chi connectivity index (χ2v) is 6.98. The zero-order valence-electron chi connectivity index (χ0n) is 8.24. The van der Waals surface area contributed by atoms with Gasteiger partial charge in [0.15, 0.2) is 0 Å². The molecule has 1 rings (SSSR count). The van der Waals surface area contributed by atoms with Crippen LogP contribution >= 0.6 is 22.4 Å². The van der Waals surface area contributed by atoms with Gasteiger partial charge < -0.3 is 0 Å². The minimum atomic E-state index is -4.43. The number of pyridine rings is 1. The highest BCUT2D eigenvalue weighted by molar-refractivity contribution is 8.14. The lowest BCUT2D eigenvalue weighted by molar-refractivity contribution is -0.137. The molecule has 3 nitrogen and oxygen atoms in total. The van der Waals surface area contributed by atoms with E-state index in [1.54, 1.807) is 0 Å². The first-order valence-corrected chi connectivity index (χ1v) is 7.73. The summed E-state index contributed by atoms with van der Waals surface area (Å²) in [6.45, 7) is 0. The van der Waals surface area contributed by atoms with Crippen LogP contribution in [0, 0.1) is 0 Å². The lowest BCUT2D eigenvalue weighted by Gasteiger charge is -2.07. The first kappa shape index (κ1) is 14.6. The van der Waals surface area contributed by atoms with E-state index in [4.69, 9.17) is 10.7 Å². The molecule has 96 valence electrons. The van der Waals surface area contributed by atoms with E-state index in [0.717, 1.165) is 30.1 Å². The zero-order chi connectivity index (χ0) is 13.1. The van der Waals surface area contributed by atoms with Crippen LogP contribution in [0.4, 0.5) is 13.2 Å². The van der Waals surface area contributed by atoms with Gasteiger partial charge in [0, 0.05) is 22.6 Å². The minimum absolute atomic E-state index is 0.0557. The standard InChI is InChI=1S/C8H7ClF3NO2S2/c9-17(14,15)4-3-16-7-5-6(1-2-13-7)8(10,11)12/h1-2,5H,3-4H2. The summed E-state index contributed by atoms with van der Waals surface area (Å²) in [6.07, 6.45) is -3.41. The van der Waals surface area contributed by atoms with Crippen molar-refractivity contribution in [2.45, 2.75) is 11.2 Å². The number of rotatable bonds is 4. The van der Waals surface area contributed by atoms with Gasteiger partial charge in [-0.15, -0.1) is 11.8 Å². The molecular weight excluding hydrogens is 299 g/mol. The second-order valence-electron chi connectivity index (χ2n) is 2.97. The Morgan fingerprint density at radius 3 is 2.59 bits per heavy atom. The molecule has 1 aromatic rings. The molecule has 0 radical (unpaired) electrons. The average Bonchev–Trinajstić information content (AvgIpc) is 2.15. The first-order chi connectivity index (χ1) is 7.68. The average molecular weight is 306 g/mol. The Kier molecular flexibility index (Phi) is 4.68. The van der Waals surface area contributed by atoms with Gasteiger partial charge in [-0.2, -0.15) is 13.2 Å². The molecule has 0 bridgehead atoms. The third kappa shape index (κ3) is 5.60.